The Morgan fingerprint density at radius 2 is 1.76 bits per heavy atom. The molecular formula is C16H31N. The maximum absolute atomic E-state index is 3.92. The average Bonchev–Trinajstić information content (AvgIpc) is 2.81. The lowest BCUT2D eigenvalue weighted by Gasteiger charge is -2.31. The molecule has 2 atom stereocenters. The summed E-state index contributed by atoms with van der Waals surface area (Å²) in [4.78, 5) is 0. The van der Waals surface area contributed by atoms with Gasteiger partial charge in [-0.2, -0.15) is 0 Å². The van der Waals surface area contributed by atoms with E-state index in [-0.39, 0.29) is 0 Å². The minimum absolute atomic E-state index is 0.562. The molecule has 0 bridgehead atoms. The van der Waals surface area contributed by atoms with Crippen molar-refractivity contribution in [2.75, 3.05) is 6.54 Å². The van der Waals surface area contributed by atoms with Gasteiger partial charge in [0.1, 0.15) is 0 Å². The van der Waals surface area contributed by atoms with E-state index in [4.69, 9.17) is 0 Å². The molecule has 0 radical (unpaired) electrons. The highest BCUT2D eigenvalue weighted by molar-refractivity contribution is 4.93. The summed E-state index contributed by atoms with van der Waals surface area (Å²) < 4.78 is 0. The highest BCUT2D eigenvalue weighted by Gasteiger charge is 2.38. The largest absolute Gasteiger partial charge is 0.313 e. The number of nitrogens with one attached hydrogen (secondary N) is 1. The Morgan fingerprint density at radius 3 is 2.24 bits per heavy atom. The summed E-state index contributed by atoms with van der Waals surface area (Å²) in [6.45, 7) is 10.9. The molecule has 0 amide bonds. The van der Waals surface area contributed by atoms with Crippen molar-refractivity contribution in [3.8, 4) is 0 Å². The van der Waals surface area contributed by atoms with Gasteiger partial charge in [0.25, 0.3) is 0 Å². The number of hydrogen-bond donors (Lipinski definition) is 1. The van der Waals surface area contributed by atoms with Gasteiger partial charge in [0.2, 0.25) is 0 Å². The second kappa shape index (κ2) is 4.91. The summed E-state index contributed by atoms with van der Waals surface area (Å²) >= 11 is 0. The topological polar surface area (TPSA) is 12.0 Å². The van der Waals surface area contributed by atoms with Gasteiger partial charge in [-0.25, -0.2) is 0 Å². The minimum atomic E-state index is 0.562. The van der Waals surface area contributed by atoms with E-state index in [2.05, 4.69) is 33.0 Å². The predicted octanol–water partition coefficient (Wildman–Crippen LogP) is 4.37. The van der Waals surface area contributed by atoms with Crippen LogP contribution in [-0.4, -0.2) is 12.6 Å². The summed E-state index contributed by atoms with van der Waals surface area (Å²) in [5, 5.41) is 3.92. The quantitative estimate of drug-likeness (QED) is 0.765. The molecule has 0 heterocycles. The summed E-state index contributed by atoms with van der Waals surface area (Å²) in [5.41, 5.74) is 1.21. The van der Waals surface area contributed by atoms with Gasteiger partial charge in [0.15, 0.2) is 0 Å². The molecule has 0 aliphatic heterocycles. The summed E-state index contributed by atoms with van der Waals surface area (Å²) in [7, 11) is 0. The lowest BCUT2D eigenvalue weighted by atomic mass is 9.83. The maximum Gasteiger partial charge on any atom is 0.00982 e. The molecule has 0 spiro atoms. The smallest absolute Gasteiger partial charge is 0.00982 e. The van der Waals surface area contributed by atoms with Gasteiger partial charge in [-0.1, -0.05) is 40.5 Å². The average molecular weight is 237 g/mol. The van der Waals surface area contributed by atoms with Crippen molar-refractivity contribution < 1.29 is 0 Å². The molecule has 2 aliphatic rings. The van der Waals surface area contributed by atoms with Crippen LogP contribution in [0.4, 0.5) is 0 Å². The second-order valence-corrected chi connectivity index (χ2v) is 7.60. The zero-order valence-corrected chi connectivity index (χ0v) is 12.3. The molecule has 17 heavy (non-hydrogen) atoms. The van der Waals surface area contributed by atoms with Crippen LogP contribution in [0.25, 0.3) is 0 Å². The highest BCUT2D eigenvalue weighted by atomic mass is 14.9. The van der Waals surface area contributed by atoms with E-state index in [9.17, 15) is 0 Å². The van der Waals surface area contributed by atoms with Gasteiger partial charge in [0, 0.05) is 12.6 Å². The molecule has 2 fully saturated rings. The molecule has 0 aromatic rings. The Labute approximate surface area is 108 Å². The van der Waals surface area contributed by atoms with Crippen LogP contribution >= 0.6 is 0 Å². The van der Waals surface area contributed by atoms with E-state index in [1.165, 1.54) is 51.5 Å². The van der Waals surface area contributed by atoms with Crippen LogP contribution in [0, 0.1) is 16.7 Å². The summed E-state index contributed by atoms with van der Waals surface area (Å²) in [5.74, 6) is 0.861. The van der Waals surface area contributed by atoms with Crippen LogP contribution in [0.2, 0.25) is 0 Å². The van der Waals surface area contributed by atoms with Crippen molar-refractivity contribution in [2.45, 2.75) is 78.7 Å². The van der Waals surface area contributed by atoms with Crippen molar-refractivity contribution in [1.29, 1.82) is 0 Å². The van der Waals surface area contributed by atoms with Gasteiger partial charge in [-0.3, -0.25) is 0 Å². The van der Waals surface area contributed by atoms with E-state index in [0.29, 0.717) is 10.8 Å². The van der Waals surface area contributed by atoms with Crippen LogP contribution in [0.5, 0.6) is 0 Å². The molecule has 2 saturated carbocycles. The summed E-state index contributed by atoms with van der Waals surface area (Å²) in [6, 6.07) is 0.772. The Balaban J connectivity index is 1.86. The van der Waals surface area contributed by atoms with Crippen molar-refractivity contribution in [2.24, 2.45) is 16.7 Å². The van der Waals surface area contributed by atoms with Crippen LogP contribution in [0.15, 0.2) is 0 Å². The Kier molecular flexibility index (Phi) is 3.87. The zero-order valence-electron chi connectivity index (χ0n) is 12.3. The fourth-order valence-electron chi connectivity index (χ4n) is 4.30. The van der Waals surface area contributed by atoms with Crippen LogP contribution < -0.4 is 5.32 Å². The van der Waals surface area contributed by atoms with Crippen LogP contribution in [0.1, 0.15) is 72.6 Å². The molecule has 100 valence electrons. The van der Waals surface area contributed by atoms with Gasteiger partial charge >= 0.3 is 0 Å². The highest BCUT2D eigenvalue weighted by Crippen LogP contribution is 2.43. The second-order valence-electron chi connectivity index (χ2n) is 7.60. The summed E-state index contributed by atoms with van der Waals surface area (Å²) in [6.07, 6.45) is 9.96. The molecule has 1 heteroatoms. The molecule has 2 aliphatic carbocycles. The van der Waals surface area contributed by atoms with Crippen LogP contribution in [0.3, 0.4) is 0 Å². The Bertz CT molecular complexity index is 250. The molecule has 2 unspecified atom stereocenters. The fourth-order valence-corrected chi connectivity index (χ4v) is 4.30. The van der Waals surface area contributed by atoms with E-state index < -0.39 is 0 Å². The fraction of sp³-hybridized carbons (Fsp3) is 1.00. The van der Waals surface area contributed by atoms with Gasteiger partial charge in [-0.05, 0) is 48.9 Å². The molecule has 2 rings (SSSR count). The predicted molar refractivity (Wildman–Crippen MR) is 75.2 cm³/mol. The Morgan fingerprint density at radius 1 is 1.12 bits per heavy atom. The van der Waals surface area contributed by atoms with Crippen molar-refractivity contribution in [1.82, 2.24) is 5.32 Å². The minimum Gasteiger partial charge on any atom is -0.313 e. The van der Waals surface area contributed by atoms with Gasteiger partial charge in [0.05, 0.1) is 0 Å². The van der Waals surface area contributed by atoms with Crippen molar-refractivity contribution >= 4 is 0 Å². The first-order valence-corrected chi connectivity index (χ1v) is 7.70. The van der Waals surface area contributed by atoms with Crippen molar-refractivity contribution in [3.05, 3.63) is 0 Å². The standard InChI is InChI=1S/C16H31N/c1-5-16(8-6-7-9-16)12-17-14-11-15(3,4)10-13(14)2/h13-14,17H,5-12H2,1-4H3. The first kappa shape index (κ1) is 13.4. The molecule has 0 aromatic carbocycles. The third kappa shape index (κ3) is 3.05. The van der Waals surface area contributed by atoms with Crippen molar-refractivity contribution in [3.63, 3.8) is 0 Å². The van der Waals surface area contributed by atoms with E-state index in [1.54, 1.807) is 0 Å². The molecule has 1 nitrogen and oxygen atoms in total. The van der Waals surface area contributed by atoms with Crippen LogP contribution in [-0.2, 0) is 0 Å². The monoisotopic (exact) mass is 237 g/mol. The number of rotatable bonds is 4. The normalized spacial score (nSPS) is 35.3. The maximum atomic E-state index is 3.92. The lowest BCUT2D eigenvalue weighted by molar-refractivity contribution is 0.244. The van der Waals surface area contributed by atoms with Gasteiger partial charge < -0.3 is 5.32 Å². The molecular weight excluding hydrogens is 206 g/mol. The lowest BCUT2D eigenvalue weighted by Crippen LogP contribution is -2.39. The molecule has 1 N–H and O–H groups in total. The Hall–Kier alpha value is -0.0400. The zero-order chi connectivity index (χ0) is 12.5. The first-order valence-electron chi connectivity index (χ1n) is 7.70. The molecule has 0 saturated heterocycles. The molecule has 0 aromatic heterocycles. The third-order valence-electron chi connectivity index (χ3n) is 5.49. The van der Waals surface area contributed by atoms with E-state index in [0.717, 1.165) is 12.0 Å². The first-order chi connectivity index (χ1) is 7.96. The SMILES string of the molecule is CCC1(CNC2CC(C)(C)CC2C)CCCC1. The third-order valence-corrected chi connectivity index (χ3v) is 5.49. The van der Waals surface area contributed by atoms with E-state index >= 15 is 0 Å². The van der Waals surface area contributed by atoms with Gasteiger partial charge in [-0.15, -0.1) is 0 Å². The van der Waals surface area contributed by atoms with E-state index in [1.807, 2.05) is 0 Å². The number of hydrogen-bond acceptors (Lipinski definition) is 1.